The lowest BCUT2D eigenvalue weighted by Crippen LogP contribution is -2.12. The molecule has 10 nitrogen and oxygen atoms in total. The quantitative estimate of drug-likeness (QED) is 0.350. The van der Waals surface area contributed by atoms with E-state index < -0.39 is 17.0 Å². The van der Waals surface area contributed by atoms with Gasteiger partial charge in [0.05, 0.1) is 10.6 Å². The van der Waals surface area contributed by atoms with Gasteiger partial charge in [0.1, 0.15) is 5.56 Å². The number of benzene rings is 1. The molecule has 0 spiro atoms. The Morgan fingerprint density at radius 1 is 1.18 bits per heavy atom. The molecule has 3 aromatic rings. The summed E-state index contributed by atoms with van der Waals surface area (Å²) in [5, 5.41) is 22.4. The first-order valence-corrected chi connectivity index (χ1v) is 8.53. The topological polar surface area (TPSA) is 134 Å². The molecule has 0 fully saturated rings. The Hall–Kier alpha value is -3.56. The molecule has 2 aromatic heterocycles. The van der Waals surface area contributed by atoms with Gasteiger partial charge >= 0.3 is 5.97 Å². The molecule has 0 N–H and O–H groups in total. The van der Waals surface area contributed by atoms with E-state index in [2.05, 4.69) is 15.4 Å². The number of nitro benzene ring substituents is 1. The highest BCUT2D eigenvalue weighted by atomic mass is 16.6. The zero-order chi connectivity index (χ0) is 20.4. The first kappa shape index (κ1) is 19.2. The van der Waals surface area contributed by atoms with Crippen LogP contribution < -0.4 is 0 Å². The van der Waals surface area contributed by atoms with Crippen molar-refractivity contribution in [3.05, 3.63) is 57.3 Å². The first-order valence-electron chi connectivity index (χ1n) is 8.53. The Morgan fingerprint density at radius 2 is 1.86 bits per heavy atom. The monoisotopic (exact) mass is 386 g/mol. The summed E-state index contributed by atoms with van der Waals surface area (Å²) in [6.45, 7) is 7.03. The second-order valence-electron chi connectivity index (χ2n) is 6.46. The van der Waals surface area contributed by atoms with Crippen molar-refractivity contribution in [3.63, 3.8) is 0 Å². The lowest BCUT2D eigenvalue weighted by molar-refractivity contribution is -0.384. The third-order valence-corrected chi connectivity index (χ3v) is 4.01. The van der Waals surface area contributed by atoms with Crippen LogP contribution in [-0.4, -0.2) is 26.2 Å². The van der Waals surface area contributed by atoms with Crippen molar-refractivity contribution in [1.82, 2.24) is 15.4 Å². The third-order valence-electron chi connectivity index (χ3n) is 4.01. The molecule has 0 aliphatic heterocycles. The predicted octanol–water partition coefficient (Wildman–Crippen LogP) is 3.98. The van der Waals surface area contributed by atoms with Crippen LogP contribution in [0.15, 0.2) is 33.2 Å². The molecule has 0 amide bonds. The second kappa shape index (κ2) is 7.59. The van der Waals surface area contributed by atoms with Crippen LogP contribution in [0.5, 0.6) is 0 Å². The van der Waals surface area contributed by atoms with E-state index in [1.165, 1.54) is 24.3 Å². The van der Waals surface area contributed by atoms with Crippen molar-refractivity contribution in [2.24, 2.45) is 0 Å². The summed E-state index contributed by atoms with van der Waals surface area (Å²) >= 11 is 0. The summed E-state index contributed by atoms with van der Waals surface area (Å²) in [5.41, 5.74) is 1.20. The van der Waals surface area contributed by atoms with Gasteiger partial charge in [0, 0.05) is 23.6 Å². The first-order chi connectivity index (χ1) is 13.3. The molecular formula is C18H18N4O6. The van der Waals surface area contributed by atoms with Gasteiger partial charge < -0.3 is 13.7 Å². The molecule has 28 heavy (non-hydrogen) atoms. The fourth-order valence-electron chi connectivity index (χ4n) is 2.54. The lowest BCUT2D eigenvalue weighted by atomic mass is 10.1. The van der Waals surface area contributed by atoms with E-state index in [0.29, 0.717) is 17.0 Å². The standard InChI is InChI=1S/C18H18N4O6/c1-9(2)15-14(10(3)21-28-15)18(23)26-11(4)16-19-20-17(27-16)12-5-7-13(8-6-12)22(24)25/h5-9,11H,1-4H3. The fraction of sp³-hybridized carbons (Fsp3) is 0.333. The average molecular weight is 386 g/mol. The van der Waals surface area contributed by atoms with Crippen LogP contribution >= 0.6 is 0 Å². The zero-order valence-electron chi connectivity index (χ0n) is 15.7. The Kier molecular flexibility index (Phi) is 5.21. The molecular weight excluding hydrogens is 368 g/mol. The number of nitro groups is 1. The lowest BCUT2D eigenvalue weighted by Gasteiger charge is -2.10. The number of non-ortho nitro benzene ring substituents is 1. The summed E-state index contributed by atoms with van der Waals surface area (Å²) in [4.78, 5) is 22.8. The highest BCUT2D eigenvalue weighted by Crippen LogP contribution is 2.27. The largest absolute Gasteiger partial charge is 0.449 e. The molecule has 146 valence electrons. The van der Waals surface area contributed by atoms with Crippen molar-refractivity contribution < 1.29 is 23.4 Å². The van der Waals surface area contributed by atoms with Gasteiger partial charge in [-0.2, -0.15) is 0 Å². The van der Waals surface area contributed by atoms with Crippen LogP contribution in [-0.2, 0) is 4.74 Å². The molecule has 0 saturated heterocycles. The number of hydrogen-bond acceptors (Lipinski definition) is 9. The van der Waals surface area contributed by atoms with Crippen LogP contribution in [0.3, 0.4) is 0 Å². The molecule has 1 aromatic carbocycles. The number of rotatable bonds is 6. The van der Waals surface area contributed by atoms with E-state index in [1.807, 2.05) is 13.8 Å². The summed E-state index contributed by atoms with van der Waals surface area (Å²) in [5.74, 6) is 0.0896. The molecule has 0 radical (unpaired) electrons. The Balaban J connectivity index is 1.76. The number of aryl methyl sites for hydroxylation is 1. The molecule has 2 heterocycles. The van der Waals surface area contributed by atoms with E-state index in [0.717, 1.165) is 0 Å². The maximum atomic E-state index is 12.5. The van der Waals surface area contributed by atoms with Crippen molar-refractivity contribution in [2.75, 3.05) is 0 Å². The smallest absolute Gasteiger partial charge is 0.344 e. The molecule has 0 aliphatic rings. The molecule has 1 atom stereocenters. The number of aromatic nitrogens is 3. The number of esters is 1. The number of nitrogens with zero attached hydrogens (tertiary/aromatic N) is 4. The number of carbonyl (C=O) groups excluding carboxylic acids is 1. The SMILES string of the molecule is Cc1noc(C(C)C)c1C(=O)OC(C)c1nnc(-c2ccc([N+](=O)[O-])cc2)o1. The molecule has 0 saturated carbocycles. The maximum Gasteiger partial charge on any atom is 0.344 e. The van der Waals surface area contributed by atoms with Gasteiger partial charge in [0.25, 0.3) is 11.6 Å². The van der Waals surface area contributed by atoms with E-state index >= 15 is 0 Å². The van der Waals surface area contributed by atoms with Gasteiger partial charge in [-0.15, -0.1) is 10.2 Å². The number of ether oxygens (including phenoxy) is 1. The minimum atomic E-state index is -0.805. The van der Waals surface area contributed by atoms with Crippen LogP contribution in [0.25, 0.3) is 11.5 Å². The molecule has 1 unspecified atom stereocenters. The van der Waals surface area contributed by atoms with Crippen LogP contribution in [0.2, 0.25) is 0 Å². The normalized spacial score (nSPS) is 12.2. The fourth-order valence-corrected chi connectivity index (χ4v) is 2.54. The van der Waals surface area contributed by atoms with E-state index in [1.54, 1.807) is 13.8 Å². The molecule has 3 rings (SSSR count). The van der Waals surface area contributed by atoms with Gasteiger partial charge in [-0.25, -0.2) is 4.79 Å². The maximum absolute atomic E-state index is 12.5. The molecule has 0 aliphatic carbocycles. The Bertz CT molecular complexity index is 1010. The van der Waals surface area contributed by atoms with Gasteiger partial charge in [0.2, 0.25) is 5.89 Å². The third kappa shape index (κ3) is 3.75. The second-order valence-corrected chi connectivity index (χ2v) is 6.46. The average Bonchev–Trinajstić information content (AvgIpc) is 3.28. The predicted molar refractivity (Wildman–Crippen MR) is 95.5 cm³/mol. The zero-order valence-corrected chi connectivity index (χ0v) is 15.7. The van der Waals surface area contributed by atoms with Gasteiger partial charge in [-0.1, -0.05) is 19.0 Å². The number of carbonyl (C=O) groups is 1. The van der Waals surface area contributed by atoms with Crippen LogP contribution in [0, 0.1) is 17.0 Å². The Morgan fingerprint density at radius 3 is 2.46 bits per heavy atom. The molecule has 10 heteroatoms. The van der Waals surface area contributed by atoms with E-state index in [-0.39, 0.29) is 29.0 Å². The highest BCUT2D eigenvalue weighted by molar-refractivity contribution is 5.91. The number of hydrogen-bond donors (Lipinski definition) is 0. The summed E-state index contributed by atoms with van der Waals surface area (Å²) in [7, 11) is 0. The summed E-state index contributed by atoms with van der Waals surface area (Å²) in [6, 6.07) is 5.68. The van der Waals surface area contributed by atoms with E-state index in [4.69, 9.17) is 13.7 Å². The van der Waals surface area contributed by atoms with E-state index in [9.17, 15) is 14.9 Å². The van der Waals surface area contributed by atoms with Gasteiger partial charge in [-0.05, 0) is 26.0 Å². The van der Waals surface area contributed by atoms with Crippen LogP contribution in [0.4, 0.5) is 5.69 Å². The molecule has 0 bridgehead atoms. The van der Waals surface area contributed by atoms with Gasteiger partial charge in [0.15, 0.2) is 11.9 Å². The Labute approximate surface area is 159 Å². The van der Waals surface area contributed by atoms with Gasteiger partial charge in [-0.3, -0.25) is 10.1 Å². The summed E-state index contributed by atoms with van der Waals surface area (Å²) < 4.78 is 16.2. The minimum absolute atomic E-state index is 0.0313. The van der Waals surface area contributed by atoms with Crippen molar-refractivity contribution in [1.29, 1.82) is 0 Å². The van der Waals surface area contributed by atoms with Crippen molar-refractivity contribution in [3.8, 4) is 11.5 Å². The van der Waals surface area contributed by atoms with Crippen LogP contribution in [0.1, 0.15) is 60.5 Å². The van der Waals surface area contributed by atoms with Crippen molar-refractivity contribution >= 4 is 11.7 Å². The summed E-state index contributed by atoms with van der Waals surface area (Å²) in [6.07, 6.45) is -0.805. The van der Waals surface area contributed by atoms with Crippen molar-refractivity contribution in [2.45, 2.75) is 39.7 Å². The minimum Gasteiger partial charge on any atom is -0.449 e. The highest BCUT2D eigenvalue weighted by Gasteiger charge is 2.27.